The molecule has 2 rings (SSSR count). The summed E-state index contributed by atoms with van der Waals surface area (Å²) in [5, 5.41) is 0. The second-order valence-electron chi connectivity index (χ2n) is 3.69. The third-order valence-corrected chi connectivity index (χ3v) is 3.14. The zero-order valence-corrected chi connectivity index (χ0v) is 11.2. The molecule has 0 fully saturated rings. The molecule has 0 aliphatic carbocycles. The lowest BCUT2D eigenvalue weighted by Crippen LogP contribution is -2.07. The molecule has 0 bridgehead atoms. The maximum absolute atomic E-state index is 13.7. The zero-order chi connectivity index (χ0) is 13.3. The molecular formula is C13H8F2INO. The van der Waals surface area contributed by atoms with Crippen LogP contribution in [-0.2, 0) is 0 Å². The number of rotatable bonds is 2. The number of anilines is 1. The molecule has 0 aromatic heterocycles. The van der Waals surface area contributed by atoms with E-state index >= 15 is 0 Å². The molecule has 0 atom stereocenters. The lowest BCUT2D eigenvalue weighted by atomic mass is 10.0. The van der Waals surface area contributed by atoms with E-state index in [1.165, 1.54) is 0 Å². The van der Waals surface area contributed by atoms with Gasteiger partial charge in [-0.1, -0.05) is 0 Å². The molecule has 0 heterocycles. The molecule has 5 heteroatoms. The second kappa shape index (κ2) is 5.01. The number of halogens is 3. The standard InChI is InChI=1S/C13H8F2INO/c14-8-5-10(12(15)11(17)6-8)13(18)7-1-3-9(16)4-2-7/h1-6H,17H2. The lowest BCUT2D eigenvalue weighted by molar-refractivity contribution is 0.103. The summed E-state index contributed by atoms with van der Waals surface area (Å²) in [4.78, 5) is 12.0. The van der Waals surface area contributed by atoms with Crippen molar-refractivity contribution in [1.29, 1.82) is 0 Å². The molecule has 0 saturated heterocycles. The van der Waals surface area contributed by atoms with Crippen LogP contribution in [0.2, 0.25) is 0 Å². The average Bonchev–Trinajstić information content (AvgIpc) is 2.34. The van der Waals surface area contributed by atoms with Gasteiger partial charge in [0.15, 0.2) is 11.6 Å². The molecule has 2 N–H and O–H groups in total. The van der Waals surface area contributed by atoms with Crippen molar-refractivity contribution in [2.24, 2.45) is 0 Å². The molecule has 2 aromatic carbocycles. The number of carbonyl (C=O) groups is 1. The lowest BCUT2D eigenvalue weighted by Gasteiger charge is -2.05. The van der Waals surface area contributed by atoms with E-state index in [1.54, 1.807) is 24.3 Å². The first kappa shape index (κ1) is 12.9. The third kappa shape index (κ3) is 2.50. The highest BCUT2D eigenvalue weighted by molar-refractivity contribution is 14.1. The summed E-state index contributed by atoms with van der Waals surface area (Å²) in [7, 11) is 0. The van der Waals surface area contributed by atoms with E-state index in [-0.39, 0.29) is 11.3 Å². The van der Waals surface area contributed by atoms with E-state index in [1.807, 2.05) is 0 Å². The van der Waals surface area contributed by atoms with Crippen LogP contribution >= 0.6 is 22.6 Å². The Hall–Kier alpha value is -1.50. The first-order chi connectivity index (χ1) is 8.49. The fourth-order valence-electron chi connectivity index (χ4n) is 1.53. The second-order valence-corrected chi connectivity index (χ2v) is 4.94. The number of hydrogen-bond acceptors (Lipinski definition) is 2. The van der Waals surface area contributed by atoms with Crippen LogP contribution in [0.3, 0.4) is 0 Å². The van der Waals surface area contributed by atoms with Crippen LogP contribution in [0.25, 0.3) is 0 Å². The molecule has 0 aliphatic heterocycles. The average molecular weight is 359 g/mol. The van der Waals surface area contributed by atoms with Gasteiger partial charge in [0, 0.05) is 9.13 Å². The Morgan fingerprint density at radius 2 is 1.72 bits per heavy atom. The smallest absolute Gasteiger partial charge is 0.196 e. The summed E-state index contributed by atoms with van der Waals surface area (Å²) < 4.78 is 27.8. The normalized spacial score (nSPS) is 10.4. The van der Waals surface area contributed by atoms with Gasteiger partial charge in [-0.05, 0) is 59.0 Å². The van der Waals surface area contributed by atoms with E-state index < -0.39 is 17.4 Å². The maximum Gasteiger partial charge on any atom is 0.196 e. The van der Waals surface area contributed by atoms with Crippen molar-refractivity contribution < 1.29 is 13.6 Å². The van der Waals surface area contributed by atoms with Crippen LogP contribution in [0.1, 0.15) is 15.9 Å². The first-order valence-electron chi connectivity index (χ1n) is 5.04. The van der Waals surface area contributed by atoms with Crippen LogP contribution in [0.15, 0.2) is 36.4 Å². The minimum Gasteiger partial charge on any atom is -0.396 e. The first-order valence-corrected chi connectivity index (χ1v) is 6.11. The van der Waals surface area contributed by atoms with Gasteiger partial charge in [0.2, 0.25) is 0 Å². The number of nitrogen functional groups attached to an aromatic ring is 1. The molecule has 0 saturated carbocycles. The summed E-state index contributed by atoms with van der Waals surface area (Å²) in [5.41, 5.74) is 4.86. The Kier molecular flexibility index (Phi) is 3.60. The number of hydrogen-bond donors (Lipinski definition) is 1. The van der Waals surface area contributed by atoms with Crippen molar-refractivity contribution in [2.75, 3.05) is 5.73 Å². The Morgan fingerprint density at radius 3 is 2.33 bits per heavy atom. The Labute approximate surface area is 116 Å². The van der Waals surface area contributed by atoms with E-state index in [9.17, 15) is 13.6 Å². The minimum absolute atomic E-state index is 0.291. The molecule has 0 unspecified atom stereocenters. The van der Waals surface area contributed by atoms with Gasteiger partial charge < -0.3 is 5.73 Å². The third-order valence-electron chi connectivity index (χ3n) is 2.42. The van der Waals surface area contributed by atoms with Crippen molar-refractivity contribution in [3.8, 4) is 0 Å². The molecule has 92 valence electrons. The van der Waals surface area contributed by atoms with Crippen molar-refractivity contribution >= 4 is 34.1 Å². The Morgan fingerprint density at radius 1 is 1.11 bits per heavy atom. The van der Waals surface area contributed by atoms with E-state index in [0.29, 0.717) is 5.56 Å². The number of carbonyl (C=O) groups excluding carboxylic acids is 1. The van der Waals surface area contributed by atoms with Crippen LogP contribution in [0.4, 0.5) is 14.5 Å². The van der Waals surface area contributed by atoms with Crippen LogP contribution < -0.4 is 5.73 Å². The quantitative estimate of drug-likeness (QED) is 0.508. The van der Waals surface area contributed by atoms with Gasteiger partial charge in [-0.3, -0.25) is 4.79 Å². The fourth-order valence-corrected chi connectivity index (χ4v) is 1.89. The van der Waals surface area contributed by atoms with Crippen molar-refractivity contribution in [3.63, 3.8) is 0 Å². The van der Waals surface area contributed by atoms with Crippen molar-refractivity contribution in [3.05, 3.63) is 62.7 Å². The molecule has 0 radical (unpaired) electrons. The van der Waals surface area contributed by atoms with E-state index in [2.05, 4.69) is 22.6 Å². The number of ketones is 1. The summed E-state index contributed by atoms with van der Waals surface area (Å²) in [6, 6.07) is 8.25. The van der Waals surface area contributed by atoms with E-state index in [0.717, 1.165) is 15.7 Å². The molecular weight excluding hydrogens is 351 g/mol. The summed E-state index contributed by atoms with van der Waals surface area (Å²) >= 11 is 2.09. The molecule has 0 amide bonds. The number of benzene rings is 2. The van der Waals surface area contributed by atoms with Gasteiger partial charge in [0.05, 0.1) is 11.3 Å². The van der Waals surface area contributed by atoms with Crippen LogP contribution in [0.5, 0.6) is 0 Å². The number of nitrogens with two attached hydrogens (primary N) is 1. The highest BCUT2D eigenvalue weighted by Gasteiger charge is 2.17. The summed E-state index contributed by atoms with van der Waals surface area (Å²) in [6.07, 6.45) is 0. The monoisotopic (exact) mass is 359 g/mol. The minimum atomic E-state index is -0.889. The Balaban J connectivity index is 2.49. The fraction of sp³-hybridized carbons (Fsp3) is 0. The predicted molar refractivity (Wildman–Crippen MR) is 73.4 cm³/mol. The molecule has 18 heavy (non-hydrogen) atoms. The van der Waals surface area contributed by atoms with Crippen LogP contribution in [-0.4, -0.2) is 5.78 Å². The maximum atomic E-state index is 13.7. The SMILES string of the molecule is Nc1cc(F)cc(C(=O)c2ccc(I)cc2)c1F. The largest absolute Gasteiger partial charge is 0.396 e. The van der Waals surface area contributed by atoms with Gasteiger partial charge in [-0.25, -0.2) is 8.78 Å². The van der Waals surface area contributed by atoms with Crippen LogP contribution in [0, 0.1) is 15.2 Å². The Bertz CT molecular complexity index is 611. The highest BCUT2D eigenvalue weighted by Crippen LogP contribution is 2.21. The van der Waals surface area contributed by atoms with Gasteiger partial charge in [0.25, 0.3) is 0 Å². The molecule has 2 nitrogen and oxygen atoms in total. The van der Waals surface area contributed by atoms with Gasteiger partial charge in [-0.15, -0.1) is 0 Å². The highest BCUT2D eigenvalue weighted by atomic mass is 127. The summed E-state index contributed by atoms with van der Waals surface area (Å²) in [5.74, 6) is -2.21. The zero-order valence-electron chi connectivity index (χ0n) is 9.08. The molecule has 0 spiro atoms. The van der Waals surface area contributed by atoms with Gasteiger partial charge in [-0.2, -0.15) is 0 Å². The predicted octanol–water partition coefficient (Wildman–Crippen LogP) is 3.38. The van der Waals surface area contributed by atoms with Crippen molar-refractivity contribution in [1.82, 2.24) is 0 Å². The van der Waals surface area contributed by atoms with Crippen molar-refractivity contribution in [2.45, 2.75) is 0 Å². The van der Waals surface area contributed by atoms with Gasteiger partial charge in [0.1, 0.15) is 5.82 Å². The molecule has 2 aromatic rings. The van der Waals surface area contributed by atoms with Gasteiger partial charge >= 0.3 is 0 Å². The summed E-state index contributed by atoms with van der Waals surface area (Å²) in [6.45, 7) is 0. The van der Waals surface area contributed by atoms with E-state index in [4.69, 9.17) is 5.73 Å². The molecule has 0 aliphatic rings. The topological polar surface area (TPSA) is 43.1 Å².